The number of rotatable bonds is 1. The minimum Gasteiger partial charge on any atom is -0.582 e. The first kappa shape index (κ1) is 28.8. The van der Waals surface area contributed by atoms with Crippen molar-refractivity contribution in [3.05, 3.63) is 128 Å². The van der Waals surface area contributed by atoms with Crippen molar-refractivity contribution in [2.75, 3.05) is 0 Å². The van der Waals surface area contributed by atoms with Crippen molar-refractivity contribution in [3.8, 4) is 11.1 Å². The van der Waals surface area contributed by atoms with E-state index in [0.717, 1.165) is 6.07 Å². The maximum Gasteiger partial charge on any atom is 0.124 e. The molecular weight excluding hydrogens is 633 g/mol. The van der Waals surface area contributed by atoms with Gasteiger partial charge in [0.2, 0.25) is 0 Å². The molecule has 9 nitrogen and oxygen atoms in total. The zero-order valence-electron chi connectivity index (χ0n) is 18.0. The first-order valence-corrected chi connectivity index (χ1v) is 9.59. The summed E-state index contributed by atoms with van der Waals surface area (Å²) in [4.78, 5) is 3.74. The molecule has 0 unspecified atom stereocenters. The number of pyridine rings is 1. The molecule has 0 aliphatic carbocycles. The van der Waals surface area contributed by atoms with Gasteiger partial charge in [0.15, 0.2) is 0 Å². The molecule has 0 aliphatic rings. The molecule has 12 heteroatoms. The van der Waals surface area contributed by atoms with E-state index in [1.165, 1.54) is 12.1 Å². The monoisotopic (exact) mass is 651 g/mol. The Kier molecular flexibility index (Phi) is 15.8. The Balaban J connectivity index is 0.000000242. The van der Waals surface area contributed by atoms with Crippen LogP contribution < -0.4 is 20.4 Å². The van der Waals surface area contributed by atoms with Crippen LogP contribution in [0.3, 0.4) is 0 Å². The Morgan fingerprint density at radius 2 is 1.09 bits per heavy atom. The van der Waals surface area contributed by atoms with Crippen molar-refractivity contribution >= 4 is 0 Å². The van der Waals surface area contributed by atoms with Crippen molar-refractivity contribution in [1.82, 2.24) is 45.8 Å². The summed E-state index contributed by atoms with van der Waals surface area (Å²) in [7, 11) is 0. The third-order valence-electron chi connectivity index (χ3n) is 3.32. The molecule has 0 saturated carbocycles. The molecule has 0 N–H and O–H groups in total. The van der Waals surface area contributed by atoms with Crippen LogP contribution in [0.1, 0.15) is 0 Å². The van der Waals surface area contributed by atoms with Gasteiger partial charge < -0.3 is 45.8 Å². The molecule has 1 radical (unpaired) electrons. The molecule has 6 aromatic rings. The van der Waals surface area contributed by atoms with Gasteiger partial charge in [-0.15, -0.1) is 17.7 Å². The molecule has 0 atom stereocenters. The van der Waals surface area contributed by atoms with E-state index in [2.05, 4.69) is 52.0 Å². The normalized spacial score (nSPS) is 8.63. The van der Waals surface area contributed by atoms with Gasteiger partial charge in [0, 0.05) is 51.0 Å². The predicted octanol–water partition coefficient (Wildman–Crippen LogP) is 2.98. The molecule has 0 aliphatic heterocycles. The van der Waals surface area contributed by atoms with Gasteiger partial charge in [0.1, 0.15) is 5.82 Å². The van der Waals surface area contributed by atoms with E-state index in [1.54, 1.807) is 92.2 Å². The van der Waals surface area contributed by atoms with Crippen LogP contribution >= 0.6 is 0 Å². The third-order valence-corrected chi connectivity index (χ3v) is 3.32. The van der Waals surface area contributed by atoms with Crippen LogP contribution in [0.5, 0.6) is 0 Å². The summed E-state index contributed by atoms with van der Waals surface area (Å²) in [6.45, 7) is 0. The van der Waals surface area contributed by atoms with E-state index in [-0.39, 0.29) is 20.1 Å². The molecule has 1 aromatic carbocycles. The Bertz CT molecular complexity index is 994. The Labute approximate surface area is 213 Å². The van der Waals surface area contributed by atoms with Crippen LogP contribution in [0.15, 0.2) is 110 Å². The van der Waals surface area contributed by atoms with Crippen LogP contribution in [0, 0.1) is 17.8 Å². The van der Waals surface area contributed by atoms with Crippen molar-refractivity contribution in [2.24, 2.45) is 0 Å². The fourth-order valence-electron chi connectivity index (χ4n) is 1.95. The molecule has 6 rings (SSSR count). The van der Waals surface area contributed by atoms with Gasteiger partial charge in [-0.25, -0.2) is 8.78 Å². The summed E-state index contributed by atoms with van der Waals surface area (Å²) in [5.74, 6) is -1.19. The Morgan fingerprint density at radius 1 is 0.600 bits per heavy atom. The summed E-state index contributed by atoms with van der Waals surface area (Å²) in [6.07, 6.45) is 17.3. The first-order chi connectivity index (χ1) is 16.8. The average Bonchev–Trinajstić information content (AvgIpc) is 3.72. The van der Waals surface area contributed by atoms with Crippen LogP contribution in [0.25, 0.3) is 11.1 Å². The maximum absolute atomic E-state index is 13.2. The van der Waals surface area contributed by atoms with Crippen molar-refractivity contribution in [1.29, 1.82) is 0 Å². The Morgan fingerprint density at radius 3 is 1.37 bits per heavy atom. The summed E-state index contributed by atoms with van der Waals surface area (Å²) in [6, 6.07) is 13.9. The van der Waals surface area contributed by atoms with Gasteiger partial charge in [-0.2, -0.15) is 24.8 Å². The molecule has 0 amide bonds. The molecular formula is C23H18F2IrN9-5. The molecule has 35 heavy (non-hydrogen) atoms. The van der Waals surface area contributed by atoms with Crippen LogP contribution in [-0.2, 0) is 20.1 Å². The molecule has 0 bridgehead atoms. The summed E-state index contributed by atoms with van der Waals surface area (Å²) >= 11 is 0. The summed E-state index contributed by atoms with van der Waals surface area (Å²) in [5, 5.41) is 27.8. The van der Waals surface area contributed by atoms with Gasteiger partial charge in [-0.1, -0.05) is 42.1 Å². The predicted molar refractivity (Wildman–Crippen MR) is 119 cm³/mol. The maximum atomic E-state index is 13.2. The number of hydrogen-bond donors (Lipinski definition) is 0. The smallest absolute Gasteiger partial charge is 0.124 e. The third kappa shape index (κ3) is 13.8. The topological polar surface area (TPSA) is 121 Å². The minimum absolute atomic E-state index is 0. The van der Waals surface area contributed by atoms with E-state index in [1.807, 2.05) is 0 Å². The number of benzene rings is 1. The van der Waals surface area contributed by atoms with E-state index in [0.29, 0.717) is 11.1 Å². The molecule has 183 valence electrons. The summed E-state index contributed by atoms with van der Waals surface area (Å²) < 4.78 is 25.8. The number of halogens is 2. The van der Waals surface area contributed by atoms with E-state index in [9.17, 15) is 8.78 Å². The molecule has 5 heterocycles. The van der Waals surface area contributed by atoms with Gasteiger partial charge >= 0.3 is 0 Å². The number of aromatic nitrogens is 9. The van der Waals surface area contributed by atoms with Gasteiger partial charge in [0.05, 0.1) is 5.82 Å². The summed E-state index contributed by atoms with van der Waals surface area (Å²) in [5.41, 5.74) is 0.824. The van der Waals surface area contributed by atoms with Crippen LogP contribution in [0.2, 0.25) is 0 Å². The van der Waals surface area contributed by atoms with Crippen molar-refractivity contribution in [3.63, 3.8) is 0 Å². The molecule has 5 aromatic heterocycles. The van der Waals surface area contributed by atoms with Crippen molar-refractivity contribution < 1.29 is 28.9 Å². The number of nitrogens with zero attached hydrogens (tertiary/aromatic N) is 9. The zero-order valence-corrected chi connectivity index (χ0v) is 20.4. The second-order valence-electron chi connectivity index (χ2n) is 5.67. The van der Waals surface area contributed by atoms with E-state index in [4.69, 9.17) is 0 Å². The standard InChI is InChI=1S/C11H6F2N.4C3H3N2.Ir/c12-9-3-4-10(11(13)6-9)8-2-1-5-14-7-8;4*1-2-4-5-3-1;/h1-6H;4*1-3H;/q5*-1;. The number of hydrogen-bond acceptors (Lipinski definition) is 5. The Hall–Kier alpha value is -4.28. The second kappa shape index (κ2) is 19.2. The molecule has 0 saturated heterocycles. The largest absolute Gasteiger partial charge is 0.582 e. The molecule has 0 fully saturated rings. The van der Waals surface area contributed by atoms with E-state index >= 15 is 0 Å². The fourth-order valence-corrected chi connectivity index (χ4v) is 1.95. The first-order valence-electron chi connectivity index (χ1n) is 9.59. The SMILES string of the molecule is Fc1ccc(-c2[c-]nccc2)c(F)c1.[Ir].c1cn[n-]c1.c1cn[n-]c1.c1cn[n-]c1.c1cn[n-]c1. The van der Waals surface area contributed by atoms with Gasteiger partial charge in [-0.05, 0) is 12.3 Å². The zero-order chi connectivity index (χ0) is 24.1. The quantitative estimate of drug-likeness (QED) is 0.248. The van der Waals surface area contributed by atoms with Crippen LogP contribution in [-0.4, -0.2) is 25.4 Å². The average molecular weight is 651 g/mol. The second-order valence-corrected chi connectivity index (χ2v) is 5.67. The van der Waals surface area contributed by atoms with E-state index < -0.39 is 11.6 Å². The van der Waals surface area contributed by atoms with Gasteiger partial charge in [-0.3, -0.25) is 0 Å². The molecule has 0 spiro atoms. The van der Waals surface area contributed by atoms with Crippen LogP contribution in [0.4, 0.5) is 8.78 Å². The van der Waals surface area contributed by atoms with Crippen molar-refractivity contribution in [2.45, 2.75) is 0 Å². The minimum atomic E-state index is -0.603. The van der Waals surface area contributed by atoms with Gasteiger partial charge in [0.25, 0.3) is 0 Å². The fraction of sp³-hybridized carbons (Fsp3) is 0.